The van der Waals surface area contributed by atoms with Crippen molar-refractivity contribution in [1.82, 2.24) is 0 Å². The molecular formula is C21H34O3. The molecule has 1 aromatic carbocycles. The second-order valence-corrected chi connectivity index (χ2v) is 6.51. The summed E-state index contributed by atoms with van der Waals surface area (Å²) in [4.78, 5) is 12.0. The van der Waals surface area contributed by atoms with Gasteiger partial charge in [0.15, 0.2) is 0 Å². The minimum Gasteiger partial charge on any atom is -0.497 e. The Labute approximate surface area is 147 Å². The summed E-state index contributed by atoms with van der Waals surface area (Å²) in [6, 6.07) is 7.72. The van der Waals surface area contributed by atoms with Gasteiger partial charge < -0.3 is 9.47 Å². The third-order valence-corrected chi connectivity index (χ3v) is 4.45. The van der Waals surface area contributed by atoms with E-state index in [0.29, 0.717) is 24.5 Å². The highest BCUT2D eigenvalue weighted by molar-refractivity contribution is 5.80. The fraction of sp³-hybridized carbons (Fsp3) is 0.667. The Bertz CT molecular complexity index is 439. The van der Waals surface area contributed by atoms with Crippen LogP contribution in [0.3, 0.4) is 0 Å². The molecule has 1 atom stereocenters. The second kappa shape index (κ2) is 13.0. The summed E-state index contributed by atoms with van der Waals surface area (Å²) in [6.45, 7) is 6.12. The first-order valence-corrected chi connectivity index (χ1v) is 9.41. The number of hydrogen-bond acceptors (Lipinski definition) is 3. The maximum Gasteiger partial charge on any atom is 0.137 e. The average Bonchev–Trinajstić information content (AvgIpc) is 2.61. The molecule has 0 aliphatic carbocycles. The minimum atomic E-state index is 0.301. The van der Waals surface area contributed by atoms with E-state index in [1.807, 2.05) is 24.3 Å². The molecule has 136 valence electrons. The second-order valence-electron chi connectivity index (χ2n) is 6.51. The number of carbonyl (C=O) groups is 1. The van der Waals surface area contributed by atoms with Crippen LogP contribution in [0.1, 0.15) is 64.4 Å². The van der Waals surface area contributed by atoms with Crippen LogP contribution >= 0.6 is 0 Å². The highest BCUT2D eigenvalue weighted by Gasteiger charge is 2.07. The number of hydrogen-bond donors (Lipinski definition) is 0. The van der Waals surface area contributed by atoms with E-state index in [2.05, 4.69) is 13.8 Å². The maximum atomic E-state index is 12.0. The largest absolute Gasteiger partial charge is 0.497 e. The molecule has 0 aliphatic rings. The number of methoxy groups -OCH3 is 1. The van der Waals surface area contributed by atoms with Crippen molar-refractivity contribution in [3.8, 4) is 5.75 Å². The zero-order valence-corrected chi connectivity index (χ0v) is 15.7. The van der Waals surface area contributed by atoms with Crippen molar-refractivity contribution >= 4 is 5.78 Å². The smallest absolute Gasteiger partial charge is 0.137 e. The van der Waals surface area contributed by atoms with Gasteiger partial charge in [-0.2, -0.15) is 0 Å². The molecule has 0 saturated carbocycles. The number of ether oxygens (including phenoxy) is 2. The van der Waals surface area contributed by atoms with Crippen molar-refractivity contribution < 1.29 is 14.3 Å². The molecule has 0 saturated heterocycles. The summed E-state index contributed by atoms with van der Waals surface area (Å²) in [5.74, 6) is 1.82. The van der Waals surface area contributed by atoms with E-state index in [0.717, 1.165) is 37.4 Å². The summed E-state index contributed by atoms with van der Waals surface area (Å²) in [7, 11) is 1.65. The van der Waals surface area contributed by atoms with Crippen LogP contribution in [0.2, 0.25) is 0 Å². The molecule has 0 bridgehead atoms. The molecule has 24 heavy (non-hydrogen) atoms. The van der Waals surface area contributed by atoms with Crippen molar-refractivity contribution in [2.24, 2.45) is 5.92 Å². The first-order chi connectivity index (χ1) is 11.7. The van der Waals surface area contributed by atoms with Crippen molar-refractivity contribution in [1.29, 1.82) is 0 Å². The zero-order chi connectivity index (χ0) is 17.6. The van der Waals surface area contributed by atoms with Crippen LogP contribution < -0.4 is 4.74 Å². The van der Waals surface area contributed by atoms with E-state index >= 15 is 0 Å². The van der Waals surface area contributed by atoms with Gasteiger partial charge in [-0.3, -0.25) is 4.79 Å². The first-order valence-electron chi connectivity index (χ1n) is 9.41. The van der Waals surface area contributed by atoms with E-state index in [1.165, 1.54) is 25.7 Å². The highest BCUT2D eigenvalue weighted by Crippen LogP contribution is 2.14. The lowest BCUT2D eigenvalue weighted by molar-refractivity contribution is -0.118. The molecule has 3 nitrogen and oxygen atoms in total. The number of carbonyl (C=O) groups excluding carboxylic acids is 1. The van der Waals surface area contributed by atoms with Gasteiger partial charge in [0, 0.05) is 26.1 Å². The third kappa shape index (κ3) is 9.07. The van der Waals surface area contributed by atoms with Gasteiger partial charge in [-0.25, -0.2) is 0 Å². The Kier molecular flexibility index (Phi) is 11.2. The van der Waals surface area contributed by atoms with Crippen LogP contribution in [-0.4, -0.2) is 26.1 Å². The minimum absolute atomic E-state index is 0.301. The maximum absolute atomic E-state index is 12.0. The molecule has 0 heterocycles. The fourth-order valence-corrected chi connectivity index (χ4v) is 2.73. The van der Waals surface area contributed by atoms with Crippen LogP contribution in [0.15, 0.2) is 24.3 Å². The predicted molar refractivity (Wildman–Crippen MR) is 99.7 cm³/mol. The van der Waals surface area contributed by atoms with Crippen molar-refractivity contribution in [2.75, 3.05) is 20.3 Å². The molecule has 1 unspecified atom stereocenters. The van der Waals surface area contributed by atoms with Crippen LogP contribution in [0, 0.1) is 5.92 Å². The summed E-state index contributed by atoms with van der Waals surface area (Å²) in [6.07, 6.45) is 8.06. The van der Waals surface area contributed by atoms with Gasteiger partial charge in [0.25, 0.3) is 0 Å². The molecule has 3 heteroatoms. The van der Waals surface area contributed by atoms with Gasteiger partial charge in [-0.1, -0.05) is 45.2 Å². The number of Topliss-reactive ketones (excluding diaryl/α,β-unsaturated/α-hetero) is 1. The Morgan fingerprint density at radius 2 is 1.83 bits per heavy atom. The fourth-order valence-electron chi connectivity index (χ4n) is 2.73. The van der Waals surface area contributed by atoms with E-state index < -0.39 is 0 Å². The van der Waals surface area contributed by atoms with Gasteiger partial charge >= 0.3 is 0 Å². The van der Waals surface area contributed by atoms with E-state index in [-0.39, 0.29) is 0 Å². The summed E-state index contributed by atoms with van der Waals surface area (Å²) in [5.41, 5.74) is 1.05. The van der Waals surface area contributed by atoms with E-state index in [1.54, 1.807) is 7.11 Å². The molecule has 0 fully saturated rings. The molecular weight excluding hydrogens is 300 g/mol. The van der Waals surface area contributed by atoms with E-state index in [4.69, 9.17) is 9.47 Å². The Morgan fingerprint density at radius 3 is 2.46 bits per heavy atom. The van der Waals surface area contributed by atoms with Gasteiger partial charge in [-0.05, 0) is 42.9 Å². The molecule has 0 aromatic heterocycles. The predicted octanol–water partition coefficient (Wildman–Crippen LogP) is 5.21. The number of rotatable bonds is 14. The lowest BCUT2D eigenvalue weighted by atomic mass is 10.0. The quantitative estimate of drug-likeness (QED) is 0.438. The van der Waals surface area contributed by atoms with Crippen molar-refractivity contribution in [3.63, 3.8) is 0 Å². The Hall–Kier alpha value is -1.35. The van der Waals surface area contributed by atoms with Gasteiger partial charge in [0.1, 0.15) is 11.5 Å². The SMILES string of the molecule is CCCCC(CC)COCCCCC(=O)Cc1ccc(OC)cc1. The average molecular weight is 334 g/mol. The molecule has 0 aliphatic heterocycles. The number of unbranched alkanes of at least 4 members (excludes halogenated alkanes) is 2. The normalized spacial score (nSPS) is 12.1. The Morgan fingerprint density at radius 1 is 1.08 bits per heavy atom. The monoisotopic (exact) mass is 334 g/mol. The van der Waals surface area contributed by atoms with Crippen molar-refractivity contribution in [2.45, 2.75) is 65.2 Å². The Balaban J connectivity index is 2.08. The molecule has 0 N–H and O–H groups in total. The highest BCUT2D eigenvalue weighted by atomic mass is 16.5. The van der Waals surface area contributed by atoms with Crippen LogP contribution in [0.25, 0.3) is 0 Å². The lowest BCUT2D eigenvalue weighted by Crippen LogP contribution is -2.10. The third-order valence-electron chi connectivity index (χ3n) is 4.45. The van der Waals surface area contributed by atoms with Crippen LogP contribution in [-0.2, 0) is 16.0 Å². The summed E-state index contributed by atoms with van der Waals surface area (Å²) in [5, 5.41) is 0. The van der Waals surface area contributed by atoms with Gasteiger partial charge in [0.2, 0.25) is 0 Å². The zero-order valence-electron chi connectivity index (χ0n) is 15.7. The summed E-state index contributed by atoms with van der Waals surface area (Å²) < 4.78 is 10.9. The molecule has 0 amide bonds. The topological polar surface area (TPSA) is 35.5 Å². The summed E-state index contributed by atoms with van der Waals surface area (Å²) >= 11 is 0. The standard InChI is InChI=1S/C21H34O3/c1-4-6-9-18(5-2)17-24-15-8-7-10-20(22)16-19-11-13-21(23-3)14-12-19/h11-14,18H,4-10,15-17H2,1-3H3. The van der Waals surface area contributed by atoms with Gasteiger partial charge in [0.05, 0.1) is 7.11 Å². The lowest BCUT2D eigenvalue weighted by Gasteiger charge is -2.14. The van der Waals surface area contributed by atoms with Crippen LogP contribution in [0.4, 0.5) is 0 Å². The van der Waals surface area contributed by atoms with Crippen LogP contribution in [0.5, 0.6) is 5.75 Å². The molecule has 0 radical (unpaired) electrons. The first kappa shape index (κ1) is 20.7. The van der Waals surface area contributed by atoms with E-state index in [9.17, 15) is 4.79 Å². The molecule has 1 aromatic rings. The number of ketones is 1. The molecule has 0 spiro atoms. The number of benzene rings is 1. The molecule has 1 rings (SSSR count). The van der Waals surface area contributed by atoms with Gasteiger partial charge in [-0.15, -0.1) is 0 Å². The van der Waals surface area contributed by atoms with Crippen molar-refractivity contribution in [3.05, 3.63) is 29.8 Å².